The number of aromatic amines is 2. The maximum Gasteiger partial charge on any atom is 0.242 e. The van der Waals surface area contributed by atoms with E-state index >= 15 is 0 Å². The van der Waals surface area contributed by atoms with Crippen LogP contribution in [-0.2, 0) is 27.3 Å². The van der Waals surface area contributed by atoms with Gasteiger partial charge in [0.1, 0.15) is 17.6 Å². The number of imidazole rings is 1. The summed E-state index contributed by atoms with van der Waals surface area (Å²) in [5.41, 5.74) is 5.60. The molecule has 2 heterocycles. The fourth-order valence-corrected chi connectivity index (χ4v) is 4.82. The summed E-state index contributed by atoms with van der Waals surface area (Å²) in [5, 5.41) is 6.87. The Morgan fingerprint density at radius 2 is 1.85 bits per heavy atom. The highest BCUT2D eigenvalue weighted by Gasteiger charge is 2.22. The Morgan fingerprint density at radius 3 is 2.55 bits per heavy atom. The first-order valence-corrected chi connectivity index (χ1v) is 13.6. The molecule has 4 aromatic rings. The lowest BCUT2D eigenvalue weighted by Crippen LogP contribution is -2.47. The highest BCUT2D eigenvalue weighted by Crippen LogP contribution is 2.27. The molecule has 1 unspecified atom stereocenters. The number of amides is 2. The molecule has 0 saturated carbocycles. The summed E-state index contributed by atoms with van der Waals surface area (Å²) in [4.78, 5) is 48.1. The molecule has 0 fully saturated rings. The summed E-state index contributed by atoms with van der Waals surface area (Å²) in [6.45, 7) is 3.87. The van der Waals surface area contributed by atoms with Gasteiger partial charge >= 0.3 is 0 Å². The van der Waals surface area contributed by atoms with Crippen molar-refractivity contribution in [2.75, 3.05) is 7.11 Å². The standard InChI is InChI=1S/C31H37N5O4/c1-20(37)7-5-4-6-8-28(31(39)33-17-22-9-11-23(12-10-22)29-18-32-19-34-29)36-30(38)16-25-21(2)35-27-14-13-24(40-3)15-26(25)27/h9-15,18-19,28,35H,4-8,16-17H2,1-3H3,(H,32,34)(H,33,39)(H,36,38). The van der Waals surface area contributed by atoms with Crippen molar-refractivity contribution in [2.45, 2.75) is 65.0 Å². The van der Waals surface area contributed by atoms with Crippen LogP contribution in [0.15, 0.2) is 55.0 Å². The summed E-state index contributed by atoms with van der Waals surface area (Å²) < 4.78 is 5.36. The Morgan fingerprint density at radius 1 is 1.05 bits per heavy atom. The number of benzene rings is 2. The lowest BCUT2D eigenvalue weighted by Gasteiger charge is -2.19. The molecular weight excluding hydrogens is 506 g/mol. The number of Topliss-reactive ketones (excluding diaryl/α,β-unsaturated/α-hetero) is 1. The summed E-state index contributed by atoms with van der Waals surface area (Å²) in [7, 11) is 1.61. The van der Waals surface area contributed by atoms with Crippen molar-refractivity contribution in [3.05, 3.63) is 71.8 Å². The predicted molar refractivity (Wildman–Crippen MR) is 155 cm³/mol. The SMILES string of the molecule is COc1ccc2[nH]c(C)c(CC(=O)NC(CCCCCC(C)=O)C(=O)NCc3ccc(-c4cnc[nH]4)cc3)c2c1. The molecule has 2 aromatic carbocycles. The van der Waals surface area contributed by atoms with Gasteiger partial charge in [0.15, 0.2) is 0 Å². The van der Waals surface area contributed by atoms with Gasteiger partial charge in [0.25, 0.3) is 0 Å². The van der Waals surface area contributed by atoms with Crippen LogP contribution in [0.1, 0.15) is 55.8 Å². The Hall–Kier alpha value is -4.40. The van der Waals surface area contributed by atoms with Gasteiger partial charge in [-0.2, -0.15) is 0 Å². The number of hydrogen-bond acceptors (Lipinski definition) is 5. The maximum absolute atomic E-state index is 13.2. The maximum atomic E-state index is 13.2. The summed E-state index contributed by atoms with van der Waals surface area (Å²) in [5.74, 6) is 0.426. The largest absolute Gasteiger partial charge is 0.497 e. The Kier molecular flexibility index (Phi) is 9.72. The van der Waals surface area contributed by atoms with Crippen molar-refractivity contribution in [3.8, 4) is 17.0 Å². The molecule has 0 aliphatic carbocycles. The molecule has 0 aliphatic rings. The third-order valence-corrected chi connectivity index (χ3v) is 7.07. The number of aryl methyl sites for hydroxylation is 1. The number of rotatable bonds is 14. The van der Waals surface area contributed by atoms with E-state index in [2.05, 4.69) is 25.6 Å². The van der Waals surface area contributed by atoms with E-state index in [4.69, 9.17) is 4.74 Å². The van der Waals surface area contributed by atoms with E-state index in [-0.39, 0.29) is 24.0 Å². The van der Waals surface area contributed by atoms with Gasteiger partial charge in [-0.05, 0) is 61.6 Å². The molecule has 0 bridgehead atoms. The lowest BCUT2D eigenvalue weighted by atomic mass is 10.0. The Labute approximate surface area is 234 Å². The topological polar surface area (TPSA) is 129 Å². The zero-order valence-electron chi connectivity index (χ0n) is 23.3. The summed E-state index contributed by atoms with van der Waals surface area (Å²) in [6, 6.07) is 12.9. The van der Waals surface area contributed by atoms with Crippen molar-refractivity contribution in [2.24, 2.45) is 0 Å². The number of ketones is 1. The van der Waals surface area contributed by atoms with E-state index < -0.39 is 6.04 Å². The molecular formula is C31H37N5O4. The quantitative estimate of drug-likeness (QED) is 0.171. The number of carbonyl (C=O) groups is 3. The molecule has 40 heavy (non-hydrogen) atoms. The van der Waals surface area contributed by atoms with Crippen molar-refractivity contribution < 1.29 is 19.1 Å². The van der Waals surface area contributed by atoms with Gasteiger partial charge in [-0.1, -0.05) is 37.1 Å². The van der Waals surface area contributed by atoms with Crippen LogP contribution in [0, 0.1) is 6.92 Å². The molecule has 9 heteroatoms. The molecule has 2 aromatic heterocycles. The van der Waals surface area contributed by atoms with Crippen molar-refractivity contribution in [1.82, 2.24) is 25.6 Å². The Bertz CT molecular complexity index is 1440. The number of aromatic nitrogens is 3. The normalized spacial score (nSPS) is 11.8. The third-order valence-electron chi connectivity index (χ3n) is 7.07. The van der Waals surface area contributed by atoms with Crippen LogP contribution < -0.4 is 15.4 Å². The molecule has 2 amide bonds. The van der Waals surface area contributed by atoms with Crippen LogP contribution in [0.5, 0.6) is 5.75 Å². The van der Waals surface area contributed by atoms with Crippen LogP contribution in [0.25, 0.3) is 22.2 Å². The molecule has 4 rings (SSSR count). The highest BCUT2D eigenvalue weighted by molar-refractivity contribution is 5.93. The fraction of sp³-hybridized carbons (Fsp3) is 0.355. The first-order valence-electron chi connectivity index (χ1n) is 13.6. The zero-order valence-corrected chi connectivity index (χ0v) is 23.3. The number of nitrogens with zero attached hydrogens (tertiary/aromatic N) is 1. The number of carbonyl (C=O) groups excluding carboxylic acids is 3. The predicted octanol–water partition coefficient (Wildman–Crippen LogP) is 4.76. The Balaban J connectivity index is 1.40. The smallest absolute Gasteiger partial charge is 0.242 e. The summed E-state index contributed by atoms with van der Waals surface area (Å²) in [6.07, 6.45) is 6.88. The number of methoxy groups -OCH3 is 1. The molecule has 0 aliphatic heterocycles. The van der Waals surface area contributed by atoms with Crippen LogP contribution >= 0.6 is 0 Å². The van der Waals surface area contributed by atoms with Crippen molar-refractivity contribution >= 4 is 28.5 Å². The van der Waals surface area contributed by atoms with Crippen LogP contribution in [0.3, 0.4) is 0 Å². The van der Waals surface area contributed by atoms with E-state index in [1.54, 1.807) is 26.6 Å². The van der Waals surface area contributed by atoms with Gasteiger partial charge < -0.3 is 30.1 Å². The number of fused-ring (bicyclic) bond motifs is 1. The molecule has 1 atom stereocenters. The monoisotopic (exact) mass is 543 g/mol. The molecule has 9 nitrogen and oxygen atoms in total. The second-order valence-corrected chi connectivity index (χ2v) is 10.1. The third kappa shape index (κ3) is 7.59. The second-order valence-electron chi connectivity index (χ2n) is 10.1. The molecule has 0 spiro atoms. The number of hydrogen-bond donors (Lipinski definition) is 4. The van der Waals surface area contributed by atoms with Crippen LogP contribution in [0.4, 0.5) is 0 Å². The summed E-state index contributed by atoms with van der Waals surface area (Å²) >= 11 is 0. The lowest BCUT2D eigenvalue weighted by molar-refractivity contribution is -0.129. The van der Waals surface area contributed by atoms with E-state index in [1.165, 1.54) is 0 Å². The van der Waals surface area contributed by atoms with E-state index in [1.807, 2.05) is 49.4 Å². The second kappa shape index (κ2) is 13.6. The van der Waals surface area contributed by atoms with Gasteiger partial charge in [-0.3, -0.25) is 9.59 Å². The van der Waals surface area contributed by atoms with Crippen LogP contribution in [-0.4, -0.2) is 45.7 Å². The van der Waals surface area contributed by atoms with E-state index in [9.17, 15) is 14.4 Å². The number of nitrogens with one attached hydrogen (secondary N) is 4. The minimum atomic E-state index is -0.672. The van der Waals surface area contributed by atoms with Gasteiger partial charge in [0.05, 0.1) is 31.7 Å². The van der Waals surface area contributed by atoms with Crippen LogP contribution in [0.2, 0.25) is 0 Å². The average molecular weight is 544 g/mol. The van der Waals surface area contributed by atoms with E-state index in [0.29, 0.717) is 25.1 Å². The van der Waals surface area contributed by atoms with E-state index in [0.717, 1.165) is 58.2 Å². The van der Waals surface area contributed by atoms with Gasteiger partial charge in [0.2, 0.25) is 11.8 Å². The minimum absolute atomic E-state index is 0.141. The fourth-order valence-electron chi connectivity index (χ4n) is 4.82. The first-order chi connectivity index (χ1) is 19.3. The first kappa shape index (κ1) is 28.6. The van der Waals surface area contributed by atoms with Gasteiger partial charge in [0, 0.05) is 29.6 Å². The minimum Gasteiger partial charge on any atom is -0.497 e. The van der Waals surface area contributed by atoms with Gasteiger partial charge in [-0.15, -0.1) is 0 Å². The zero-order chi connectivity index (χ0) is 28.5. The molecule has 0 radical (unpaired) electrons. The van der Waals surface area contributed by atoms with Crippen molar-refractivity contribution in [1.29, 1.82) is 0 Å². The number of H-pyrrole nitrogens is 2. The highest BCUT2D eigenvalue weighted by atomic mass is 16.5. The van der Waals surface area contributed by atoms with Gasteiger partial charge in [-0.25, -0.2) is 4.98 Å². The average Bonchev–Trinajstić information content (AvgIpc) is 3.59. The number of unbranched alkanes of at least 4 members (excludes halogenated alkanes) is 2. The molecule has 0 saturated heterocycles. The number of ether oxygens (including phenoxy) is 1. The molecule has 210 valence electrons. The van der Waals surface area contributed by atoms with Crippen molar-refractivity contribution in [3.63, 3.8) is 0 Å². The molecule has 4 N–H and O–H groups in total.